The second kappa shape index (κ2) is 12.5. The molecule has 1 saturated carbocycles. The zero-order valence-electron chi connectivity index (χ0n) is 23.5. The van der Waals surface area contributed by atoms with Gasteiger partial charge < -0.3 is 13.9 Å². The van der Waals surface area contributed by atoms with E-state index in [0.717, 1.165) is 36.8 Å². The molecule has 1 aliphatic carbocycles. The first-order chi connectivity index (χ1) is 19.0. The van der Waals surface area contributed by atoms with Crippen LogP contribution in [0.2, 0.25) is 0 Å². The van der Waals surface area contributed by atoms with Gasteiger partial charge in [-0.3, -0.25) is 4.79 Å². The Labute approximate surface area is 232 Å². The number of rotatable bonds is 10. The van der Waals surface area contributed by atoms with Crippen molar-refractivity contribution in [2.45, 2.75) is 91.0 Å². The van der Waals surface area contributed by atoms with Gasteiger partial charge in [0.1, 0.15) is 29.5 Å². The zero-order chi connectivity index (χ0) is 29.0. The molecule has 0 amide bonds. The molecule has 3 atom stereocenters. The molecule has 3 aromatic rings. The maximum absolute atomic E-state index is 14.0. The van der Waals surface area contributed by atoms with Gasteiger partial charge in [0.25, 0.3) is 0 Å². The minimum absolute atomic E-state index is 0.0521. The first-order valence-corrected chi connectivity index (χ1v) is 14.2. The third-order valence-corrected chi connectivity index (χ3v) is 7.56. The molecule has 1 fully saturated rings. The molecule has 216 valence electrons. The summed E-state index contributed by atoms with van der Waals surface area (Å²) < 4.78 is 58.4. The Morgan fingerprint density at radius 3 is 2.42 bits per heavy atom. The van der Waals surface area contributed by atoms with Crippen molar-refractivity contribution in [2.24, 2.45) is 11.8 Å². The number of fused-ring (bicyclic) bond motifs is 1. The van der Waals surface area contributed by atoms with Gasteiger partial charge in [-0.2, -0.15) is 13.2 Å². The van der Waals surface area contributed by atoms with Crippen LogP contribution in [0.3, 0.4) is 0 Å². The van der Waals surface area contributed by atoms with Gasteiger partial charge in [-0.05, 0) is 67.0 Å². The van der Waals surface area contributed by atoms with Crippen molar-refractivity contribution in [3.05, 3.63) is 64.0 Å². The predicted molar refractivity (Wildman–Crippen MR) is 148 cm³/mol. The minimum Gasteiger partial charge on any atom is -0.489 e. The Morgan fingerprint density at radius 2 is 1.75 bits per heavy atom. The number of hydrogen-bond acceptors (Lipinski definition) is 5. The lowest BCUT2D eigenvalue weighted by Gasteiger charge is -2.27. The van der Waals surface area contributed by atoms with E-state index in [1.807, 2.05) is 13.0 Å². The molecule has 1 heterocycles. The largest absolute Gasteiger partial charge is 0.489 e. The number of halogens is 3. The van der Waals surface area contributed by atoms with Crippen LogP contribution in [0.5, 0.6) is 5.75 Å². The average Bonchev–Trinajstić information content (AvgIpc) is 3.30. The Balaban J connectivity index is 1.58. The molecule has 0 radical (unpaired) electrons. The summed E-state index contributed by atoms with van der Waals surface area (Å²) in [4.78, 5) is 25.0. The van der Waals surface area contributed by atoms with E-state index in [4.69, 9.17) is 13.9 Å². The molecule has 0 aliphatic heterocycles. The molecule has 0 spiro atoms. The third kappa shape index (κ3) is 6.70. The summed E-state index contributed by atoms with van der Waals surface area (Å²) in [6.45, 7) is 7.38. The van der Waals surface area contributed by atoms with Gasteiger partial charge in [0.2, 0.25) is 0 Å². The van der Waals surface area contributed by atoms with E-state index in [0.29, 0.717) is 10.9 Å². The van der Waals surface area contributed by atoms with E-state index in [2.05, 4.69) is 19.1 Å². The number of carbonyl (C=O) groups is 1. The van der Waals surface area contributed by atoms with Crippen molar-refractivity contribution >= 4 is 16.9 Å². The van der Waals surface area contributed by atoms with E-state index >= 15 is 0 Å². The highest BCUT2D eigenvalue weighted by atomic mass is 19.4. The van der Waals surface area contributed by atoms with Crippen molar-refractivity contribution < 1.29 is 31.9 Å². The highest BCUT2D eigenvalue weighted by molar-refractivity contribution is 5.83. The van der Waals surface area contributed by atoms with Gasteiger partial charge in [0, 0.05) is 11.5 Å². The van der Waals surface area contributed by atoms with Gasteiger partial charge in [0.15, 0.2) is 0 Å². The summed E-state index contributed by atoms with van der Waals surface area (Å²) in [5.41, 5.74) is 3.27. The highest BCUT2D eigenvalue weighted by Crippen LogP contribution is 2.43. The van der Waals surface area contributed by atoms with Gasteiger partial charge in [-0.25, -0.2) is 4.79 Å². The molecule has 2 aromatic carbocycles. The number of carbonyl (C=O) groups excluding carboxylic acids is 1. The fraction of sp³-hybridized carbons (Fsp3) is 0.500. The Kier molecular flexibility index (Phi) is 9.26. The molecular weight excluding hydrogens is 521 g/mol. The summed E-state index contributed by atoms with van der Waals surface area (Å²) in [6.07, 6.45) is -1.80. The second-order valence-electron chi connectivity index (χ2n) is 10.9. The first kappa shape index (κ1) is 29.7. The van der Waals surface area contributed by atoms with Gasteiger partial charge in [-0.1, -0.05) is 58.7 Å². The van der Waals surface area contributed by atoms with E-state index < -0.39 is 41.8 Å². The van der Waals surface area contributed by atoms with E-state index in [9.17, 15) is 22.8 Å². The van der Waals surface area contributed by atoms with Gasteiger partial charge >= 0.3 is 17.8 Å². The number of benzene rings is 2. The second-order valence-corrected chi connectivity index (χ2v) is 10.9. The van der Waals surface area contributed by atoms with E-state index in [1.54, 1.807) is 32.0 Å². The predicted octanol–water partition coefficient (Wildman–Crippen LogP) is 8.04. The zero-order valence-corrected chi connectivity index (χ0v) is 23.5. The van der Waals surface area contributed by atoms with Crippen molar-refractivity contribution in [3.8, 4) is 16.9 Å². The molecule has 8 heteroatoms. The minimum atomic E-state index is -4.61. The maximum Gasteiger partial charge on any atom is 0.398 e. The summed E-state index contributed by atoms with van der Waals surface area (Å²) in [5.74, 6) is -2.98. The fourth-order valence-corrected chi connectivity index (χ4v) is 5.36. The standard InChI is InChI=1S/C32H37F3O5/c1-5-7-8-9-20-10-13-24(21(6-2)16-20)25-17-22-11-12-23(18-28(22)40-31(25)37)38-26-14-15-27(29(26)32(33,34)35)39-30(36)19(3)4/h10-13,16-19,26-27,29H,5-9,14-15H2,1-4H3. The number of hydrogen-bond donors (Lipinski definition) is 0. The van der Waals surface area contributed by atoms with Crippen LogP contribution in [0.25, 0.3) is 22.1 Å². The third-order valence-electron chi connectivity index (χ3n) is 7.56. The topological polar surface area (TPSA) is 65.7 Å². The van der Waals surface area contributed by atoms with Crippen LogP contribution < -0.4 is 10.4 Å². The fourth-order valence-electron chi connectivity index (χ4n) is 5.36. The normalized spacial score (nSPS) is 19.4. The molecule has 40 heavy (non-hydrogen) atoms. The number of aryl methyl sites for hydroxylation is 2. The molecular formula is C32H37F3O5. The molecule has 1 aromatic heterocycles. The average molecular weight is 559 g/mol. The lowest BCUT2D eigenvalue weighted by molar-refractivity contribution is -0.216. The number of ether oxygens (including phenoxy) is 2. The Bertz CT molecular complexity index is 1390. The van der Waals surface area contributed by atoms with Crippen molar-refractivity contribution in [2.75, 3.05) is 0 Å². The lowest BCUT2D eigenvalue weighted by atomic mass is 9.94. The summed E-state index contributed by atoms with van der Waals surface area (Å²) in [7, 11) is 0. The lowest BCUT2D eigenvalue weighted by Crippen LogP contribution is -2.41. The number of alkyl halides is 3. The van der Waals surface area contributed by atoms with Crippen LogP contribution in [0.4, 0.5) is 13.2 Å². The summed E-state index contributed by atoms with van der Waals surface area (Å²) in [6, 6.07) is 12.6. The highest BCUT2D eigenvalue weighted by Gasteiger charge is 2.55. The van der Waals surface area contributed by atoms with Crippen LogP contribution in [-0.2, 0) is 22.4 Å². The van der Waals surface area contributed by atoms with E-state index in [1.165, 1.54) is 18.1 Å². The van der Waals surface area contributed by atoms with Crippen LogP contribution in [-0.4, -0.2) is 24.4 Å². The monoisotopic (exact) mass is 558 g/mol. The van der Waals surface area contributed by atoms with E-state index in [-0.39, 0.29) is 24.2 Å². The molecule has 0 saturated heterocycles. The molecule has 0 bridgehead atoms. The van der Waals surface area contributed by atoms with Gasteiger partial charge in [0.05, 0.1) is 11.5 Å². The van der Waals surface area contributed by atoms with Crippen LogP contribution in [0.1, 0.15) is 70.9 Å². The van der Waals surface area contributed by atoms with Crippen LogP contribution in [0, 0.1) is 11.8 Å². The van der Waals surface area contributed by atoms with Crippen LogP contribution >= 0.6 is 0 Å². The first-order valence-electron chi connectivity index (χ1n) is 14.2. The molecule has 3 unspecified atom stereocenters. The Hall–Kier alpha value is -3.29. The van der Waals surface area contributed by atoms with Crippen molar-refractivity contribution in [1.29, 1.82) is 0 Å². The van der Waals surface area contributed by atoms with Gasteiger partial charge in [-0.15, -0.1) is 0 Å². The quantitative estimate of drug-likeness (QED) is 0.143. The smallest absolute Gasteiger partial charge is 0.398 e. The molecule has 5 nitrogen and oxygen atoms in total. The van der Waals surface area contributed by atoms with Crippen molar-refractivity contribution in [1.82, 2.24) is 0 Å². The number of unbranched alkanes of at least 4 members (excludes halogenated alkanes) is 2. The maximum atomic E-state index is 14.0. The van der Waals surface area contributed by atoms with Crippen molar-refractivity contribution in [3.63, 3.8) is 0 Å². The SMILES string of the molecule is CCCCCc1ccc(-c2cc3ccc(OC4CCC(OC(=O)C(C)C)C4C(F)(F)F)cc3oc2=O)c(CC)c1. The summed E-state index contributed by atoms with van der Waals surface area (Å²) in [5, 5.41) is 0.638. The van der Waals surface area contributed by atoms with Crippen LogP contribution in [0.15, 0.2) is 51.7 Å². The molecule has 4 rings (SSSR count). The molecule has 1 aliphatic rings. The molecule has 0 N–H and O–H groups in total. The summed E-state index contributed by atoms with van der Waals surface area (Å²) >= 11 is 0. The number of esters is 1. The Morgan fingerprint density at radius 1 is 1.00 bits per heavy atom.